The molecule has 25 heavy (non-hydrogen) atoms. The molecule has 1 amide bonds. The number of carbonyl (C=O) groups is 1. The van der Waals surface area contributed by atoms with E-state index in [2.05, 4.69) is 40.9 Å². The molecule has 7 heteroatoms. The predicted molar refractivity (Wildman–Crippen MR) is 111 cm³/mol. The van der Waals surface area contributed by atoms with Gasteiger partial charge in [0.1, 0.15) is 6.04 Å². The van der Waals surface area contributed by atoms with E-state index < -0.39 is 6.04 Å². The largest absolute Gasteiger partial charge is 0.353 e. The average Bonchev–Trinajstić information content (AvgIpc) is 3.12. The standard InChI is InChI=1S/C18H25N3OS.2ClH/c1-3-21(4-2)16(15-10-11-23-13-15)12-20-18(22)17(19)14-8-6-5-7-9-14;;/h5-11,13,16-17H,3-4,12,19H2,1-2H3,(H,20,22);2*1H. The number of amides is 1. The molecule has 140 valence electrons. The summed E-state index contributed by atoms with van der Waals surface area (Å²) in [5.74, 6) is -0.136. The van der Waals surface area contributed by atoms with E-state index in [0.717, 1.165) is 18.7 Å². The molecule has 2 atom stereocenters. The fourth-order valence-corrected chi connectivity index (χ4v) is 3.41. The number of rotatable bonds is 8. The van der Waals surface area contributed by atoms with E-state index in [-0.39, 0.29) is 36.8 Å². The van der Waals surface area contributed by atoms with Crippen LogP contribution in [0.25, 0.3) is 0 Å². The van der Waals surface area contributed by atoms with Gasteiger partial charge < -0.3 is 11.1 Å². The van der Waals surface area contributed by atoms with Crippen molar-refractivity contribution >= 4 is 42.1 Å². The molecule has 0 bridgehead atoms. The lowest BCUT2D eigenvalue weighted by atomic mass is 10.1. The van der Waals surface area contributed by atoms with Gasteiger partial charge in [-0.05, 0) is 41.0 Å². The van der Waals surface area contributed by atoms with Crippen molar-refractivity contribution in [3.63, 3.8) is 0 Å². The van der Waals surface area contributed by atoms with Crippen molar-refractivity contribution < 1.29 is 4.79 Å². The Hall–Kier alpha value is -1.11. The maximum absolute atomic E-state index is 12.4. The van der Waals surface area contributed by atoms with Gasteiger partial charge in [0.05, 0.1) is 6.04 Å². The van der Waals surface area contributed by atoms with E-state index in [0.29, 0.717) is 6.54 Å². The first-order valence-electron chi connectivity index (χ1n) is 8.01. The number of carbonyl (C=O) groups excluding carboxylic acids is 1. The van der Waals surface area contributed by atoms with Gasteiger partial charge in [-0.2, -0.15) is 11.3 Å². The van der Waals surface area contributed by atoms with E-state index in [9.17, 15) is 4.79 Å². The van der Waals surface area contributed by atoms with Gasteiger partial charge in [0.2, 0.25) is 5.91 Å². The van der Waals surface area contributed by atoms with Crippen LogP contribution in [0, 0.1) is 0 Å². The monoisotopic (exact) mass is 403 g/mol. The molecule has 0 saturated heterocycles. The van der Waals surface area contributed by atoms with Crippen LogP contribution in [0.2, 0.25) is 0 Å². The highest BCUT2D eigenvalue weighted by Gasteiger charge is 2.21. The summed E-state index contributed by atoms with van der Waals surface area (Å²) < 4.78 is 0. The summed E-state index contributed by atoms with van der Waals surface area (Å²) in [6, 6.07) is 11.1. The molecule has 2 unspecified atom stereocenters. The summed E-state index contributed by atoms with van der Waals surface area (Å²) in [6.07, 6.45) is 0. The summed E-state index contributed by atoms with van der Waals surface area (Å²) in [5.41, 5.74) is 8.14. The minimum atomic E-state index is -0.629. The first-order chi connectivity index (χ1) is 11.2. The van der Waals surface area contributed by atoms with Crippen molar-refractivity contribution in [1.29, 1.82) is 0 Å². The van der Waals surface area contributed by atoms with Crippen LogP contribution in [0.4, 0.5) is 0 Å². The highest BCUT2D eigenvalue weighted by atomic mass is 35.5. The van der Waals surface area contributed by atoms with Gasteiger partial charge in [-0.1, -0.05) is 44.2 Å². The molecule has 1 heterocycles. The summed E-state index contributed by atoms with van der Waals surface area (Å²) in [7, 11) is 0. The molecule has 0 radical (unpaired) electrons. The maximum Gasteiger partial charge on any atom is 0.241 e. The minimum Gasteiger partial charge on any atom is -0.353 e. The quantitative estimate of drug-likeness (QED) is 0.704. The Kier molecular flexibility index (Phi) is 11.7. The third-order valence-electron chi connectivity index (χ3n) is 4.09. The second kappa shape index (κ2) is 12.3. The van der Waals surface area contributed by atoms with Crippen LogP contribution < -0.4 is 11.1 Å². The molecule has 2 rings (SSSR count). The molecule has 2 aromatic rings. The number of hydrogen-bond acceptors (Lipinski definition) is 4. The Morgan fingerprint density at radius 1 is 1.12 bits per heavy atom. The molecule has 0 aliphatic rings. The molecule has 1 aromatic heterocycles. The molecule has 0 aliphatic heterocycles. The van der Waals surface area contributed by atoms with Crippen molar-refractivity contribution in [2.45, 2.75) is 25.9 Å². The van der Waals surface area contributed by atoms with Crippen LogP contribution in [-0.4, -0.2) is 30.4 Å². The molecule has 4 nitrogen and oxygen atoms in total. The predicted octanol–water partition coefficient (Wildman–Crippen LogP) is 3.79. The van der Waals surface area contributed by atoms with Crippen molar-refractivity contribution in [2.75, 3.05) is 19.6 Å². The molecular weight excluding hydrogens is 377 g/mol. The summed E-state index contributed by atoms with van der Waals surface area (Å²) in [4.78, 5) is 14.7. The van der Waals surface area contributed by atoms with Gasteiger partial charge in [-0.15, -0.1) is 24.8 Å². The smallest absolute Gasteiger partial charge is 0.241 e. The normalized spacial score (nSPS) is 12.6. The second-order valence-corrected chi connectivity index (χ2v) is 6.21. The topological polar surface area (TPSA) is 58.4 Å². The Morgan fingerprint density at radius 2 is 1.76 bits per heavy atom. The summed E-state index contributed by atoms with van der Waals surface area (Å²) in [5, 5.41) is 7.24. The van der Waals surface area contributed by atoms with Crippen molar-refractivity contribution in [1.82, 2.24) is 10.2 Å². The van der Waals surface area contributed by atoms with Crippen LogP contribution in [0.15, 0.2) is 47.2 Å². The molecule has 0 spiro atoms. The van der Waals surface area contributed by atoms with Crippen LogP contribution in [0.3, 0.4) is 0 Å². The van der Waals surface area contributed by atoms with Crippen molar-refractivity contribution in [3.05, 3.63) is 58.3 Å². The summed E-state index contributed by atoms with van der Waals surface area (Å²) in [6.45, 7) is 6.73. The number of nitrogens with zero attached hydrogens (tertiary/aromatic N) is 1. The zero-order chi connectivity index (χ0) is 16.7. The van der Waals surface area contributed by atoms with E-state index in [1.54, 1.807) is 11.3 Å². The number of nitrogens with two attached hydrogens (primary N) is 1. The molecule has 3 N–H and O–H groups in total. The van der Waals surface area contributed by atoms with Crippen LogP contribution in [0.5, 0.6) is 0 Å². The Labute approximate surface area is 166 Å². The third-order valence-corrected chi connectivity index (χ3v) is 4.79. The van der Waals surface area contributed by atoms with Gasteiger partial charge >= 0.3 is 0 Å². The lowest BCUT2D eigenvalue weighted by Gasteiger charge is -2.30. The number of thiophene rings is 1. The fraction of sp³-hybridized carbons (Fsp3) is 0.389. The van der Waals surface area contributed by atoms with Gasteiger partial charge in [-0.3, -0.25) is 9.69 Å². The molecular formula is C18H27Cl2N3OS. The third kappa shape index (κ3) is 6.60. The zero-order valence-corrected chi connectivity index (χ0v) is 17.0. The number of likely N-dealkylation sites (N-methyl/N-ethyl adjacent to an activating group) is 1. The number of nitrogens with one attached hydrogen (secondary N) is 1. The number of benzene rings is 1. The van der Waals surface area contributed by atoms with E-state index in [1.165, 1.54) is 5.56 Å². The minimum absolute atomic E-state index is 0. The number of hydrogen-bond donors (Lipinski definition) is 2. The van der Waals surface area contributed by atoms with Gasteiger partial charge in [-0.25, -0.2) is 0 Å². The average molecular weight is 404 g/mol. The second-order valence-electron chi connectivity index (χ2n) is 5.43. The molecule has 0 fully saturated rings. The van der Waals surface area contributed by atoms with Gasteiger partial charge in [0.15, 0.2) is 0 Å². The Bertz CT molecular complexity index is 592. The SMILES string of the molecule is CCN(CC)C(CNC(=O)C(N)c1ccccc1)c1ccsc1.Cl.Cl. The maximum atomic E-state index is 12.4. The van der Waals surface area contributed by atoms with Gasteiger partial charge in [0.25, 0.3) is 0 Å². The molecule has 1 aromatic carbocycles. The van der Waals surface area contributed by atoms with Crippen molar-refractivity contribution in [2.24, 2.45) is 5.73 Å². The first kappa shape index (κ1) is 23.9. The number of halogens is 2. The molecule has 0 aliphatic carbocycles. The highest BCUT2D eigenvalue weighted by molar-refractivity contribution is 7.07. The molecule has 0 saturated carbocycles. The fourth-order valence-electron chi connectivity index (χ4n) is 2.71. The Balaban J connectivity index is 0.00000288. The van der Waals surface area contributed by atoms with Crippen molar-refractivity contribution in [3.8, 4) is 0 Å². The van der Waals surface area contributed by atoms with Crippen LogP contribution in [0.1, 0.15) is 37.1 Å². The Morgan fingerprint density at radius 3 is 2.28 bits per heavy atom. The van der Waals surface area contributed by atoms with E-state index in [1.807, 2.05) is 30.3 Å². The van der Waals surface area contributed by atoms with Gasteiger partial charge in [0, 0.05) is 6.54 Å². The first-order valence-corrected chi connectivity index (χ1v) is 8.96. The lowest BCUT2D eigenvalue weighted by molar-refractivity contribution is -0.122. The zero-order valence-electron chi connectivity index (χ0n) is 14.6. The van der Waals surface area contributed by atoms with Crippen LogP contribution >= 0.6 is 36.2 Å². The summed E-state index contributed by atoms with van der Waals surface area (Å²) >= 11 is 1.68. The van der Waals surface area contributed by atoms with E-state index >= 15 is 0 Å². The lowest BCUT2D eigenvalue weighted by Crippen LogP contribution is -2.41. The van der Waals surface area contributed by atoms with Crippen LogP contribution in [-0.2, 0) is 4.79 Å². The van der Waals surface area contributed by atoms with E-state index in [4.69, 9.17) is 5.73 Å². The highest BCUT2D eigenvalue weighted by Crippen LogP contribution is 2.22.